The van der Waals surface area contributed by atoms with Crippen molar-refractivity contribution in [3.8, 4) is 5.75 Å². The Morgan fingerprint density at radius 1 is 1.08 bits per heavy atom. The Hall–Kier alpha value is -3.15. The summed E-state index contributed by atoms with van der Waals surface area (Å²) in [7, 11) is 1.56. The van der Waals surface area contributed by atoms with E-state index in [1.165, 1.54) is 6.08 Å². The molecule has 6 heteroatoms. The highest BCUT2D eigenvalue weighted by Crippen LogP contribution is 2.24. The third-order valence-corrected chi connectivity index (χ3v) is 3.73. The van der Waals surface area contributed by atoms with Gasteiger partial charge in [-0.2, -0.15) is 0 Å². The number of carbonyl (C=O) groups is 2. The van der Waals surface area contributed by atoms with Crippen LogP contribution in [0, 0.1) is 0 Å². The lowest BCUT2D eigenvalue weighted by molar-refractivity contribution is -0.120. The van der Waals surface area contributed by atoms with Crippen LogP contribution in [0.3, 0.4) is 0 Å². The van der Waals surface area contributed by atoms with Crippen molar-refractivity contribution < 1.29 is 14.3 Å². The zero-order chi connectivity index (χ0) is 16.9. The number of hydrogen-bond donors (Lipinski definition) is 1. The Bertz CT molecular complexity index is 770. The standard InChI is InChI=1S/C18H17N3O3/c1-24-15-4-2-14(3-5-15)21-17(22)12-16(18(21)23)20-11-8-13-6-9-19-10-7-13/h2-7,9-10,12,20H,8,11H2,1H3. The predicted octanol–water partition coefficient (Wildman–Crippen LogP) is 1.68. The molecule has 0 saturated heterocycles. The van der Waals surface area contributed by atoms with Crippen LogP contribution in [-0.4, -0.2) is 30.5 Å². The molecule has 122 valence electrons. The van der Waals surface area contributed by atoms with Crippen LogP contribution >= 0.6 is 0 Å². The van der Waals surface area contributed by atoms with E-state index in [1.54, 1.807) is 43.8 Å². The van der Waals surface area contributed by atoms with Gasteiger partial charge in [-0.1, -0.05) is 0 Å². The van der Waals surface area contributed by atoms with Gasteiger partial charge in [-0.05, 0) is 48.4 Å². The summed E-state index contributed by atoms with van der Waals surface area (Å²) < 4.78 is 5.08. The monoisotopic (exact) mass is 323 g/mol. The summed E-state index contributed by atoms with van der Waals surface area (Å²) in [6.45, 7) is 0.561. The van der Waals surface area contributed by atoms with Gasteiger partial charge >= 0.3 is 0 Å². The summed E-state index contributed by atoms with van der Waals surface area (Å²) in [6, 6.07) is 10.6. The van der Waals surface area contributed by atoms with Crippen molar-refractivity contribution in [3.05, 3.63) is 66.1 Å². The van der Waals surface area contributed by atoms with Crippen LogP contribution < -0.4 is 15.0 Å². The Morgan fingerprint density at radius 3 is 2.46 bits per heavy atom. The number of anilines is 1. The number of carbonyl (C=O) groups excluding carboxylic acids is 2. The number of hydrogen-bond acceptors (Lipinski definition) is 5. The zero-order valence-corrected chi connectivity index (χ0v) is 13.2. The molecule has 0 aliphatic carbocycles. The van der Waals surface area contributed by atoms with Crippen molar-refractivity contribution in [1.82, 2.24) is 10.3 Å². The molecule has 0 bridgehead atoms. The smallest absolute Gasteiger partial charge is 0.281 e. The third-order valence-electron chi connectivity index (χ3n) is 3.73. The second kappa shape index (κ2) is 6.95. The molecule has 1 aromatic heterocycles. The third kappa shape index (κ3) is 3.27. The largest absolute Gasteiger partial charge is 0.497 e. The molecule has 1 N–H and O–H groups in total. The molecule has 2 amide bonds. The average Bonchev–Trinajstić information content (AvgIpc) is 2.90. The number of benzene rings is 1. The fourth-order valence-corrected chi connectivity index (χ4v) is 2.46. The van der Waals surface area contributed by atoms with Crippen LogP contribution in [0.2, 0.25) is 0 Å². The van der Waals surface area contributed by atoms with Crippen LogP contribution in [0.15, 0.2) is 60.6 Å². The van der Waals surface area contributed by atoms with Gasteiger partial charge in [0.1, 0.15) is 11.4 Å². The number of methoxy groups -OCH3 is 1. The van der Waals surface area contributed by atoms with Gasteiger partial charge in [-0.25, -0.2) is 4.90 Å². The second-order valence-corrected chi connectivity index (χ2v) is 5.27. The minimum atomic E-state index is -0.350. The van der Waals surface area contributed by atoms with Gasteiger partial charge in [0, 0.05) is 25.0 Å². The molecule has 3 rings (SSSR count). The lowest BCUT2D eigenvalue weighted by Gasteiger charge is -2.15. The number of ether oxygens (including phenoxy) is 1. The van der Waals surface area contributed by atoms with E-state index in [-0.39, 0.29) is 11.8 Å². The number of pyridine rings is 1. The van der Waals surface area contributed by atoms with Gasteiger partial charge in [0.2, 0.25) is 0 Å². The number of amides is 2. The first-order chi connectivity index (χ1) is 11.7. The summed E-state index contributed by atoms with van der Waals surface area (Å²) >= 11 is 0. The molecule has 0 fully saturated rings. The first kappa shape index (κ1) is 15.7. The van der Waals surface area contributed by atoms with E-state index in [0.717, 1.165) is 16.9 Å². The highest BCUT2D eigenvalue weighted by atomic mass is 16.5. The van der Waals surface area contributed by atoms with Gasteiger partial charge in [0.15, 0.2) is 0 Å². The lowest BCUT2D eigenvalue weighted by Crippen LogP contribution is -2.33. The quantitative estimate of drug-likeness (QED) is 0.819. The lowest BCUT2D eigenvalue weighted by atomic mass is 10.2. The maximum atomic E-state index is 12.4. The fraction of sp³-hybridized carbons (Fsp3) is 0.167. The summed E-state index contributed by atoms with van der Waals surface area (Å²) in [5, 5.41) is 3.04. The highest BCUT2D eigenvalue weighted by molar-refractivity contribution is 6.30. The predicted molar refractivity (Wildman–Crippen MR) is 89.5 cm³/mol. The molecular weight excluding hydrogens is 306 g/mol. The molecule has 1 aliphatic heterocycles. The first-order valence-corrected chi connectivity index (χ1v) is 7.56. The van der Waals surface area contributed by atoms with Crippen molar-refractivity contribution in [2.24, 2.45) is 0 Å². The SMILES string of the molecule is COc1ccc(N2C(=O)C=C(NCCc3ccncc3)C2=O)cc1. The van der Waals surface area contributed by atoms with Gasteiger partial charge in [-0.3, -0.25) is 14.6 Å². The molecule has 2 aromatic rings. The summed E-state index contributed by atoms with van der Waals surface area (Å²) in [6.07, 6.45) is 5.53. The number of aromatic nitrogens is 1. The Kier molecular flexibility index (Phi) is 4.56. The number of imide groups is 1. The van der Waals surface area contributed by atoms with Gasteiger partial charge in [0.05, 0.1) is 12.8 Å². The van der Waals surface area contributed by atoms with Crippen molar-refractivity contribution in [1.29, 1.82) is 0 Å². The minimum absolute atomic E-state index is 0.310. The van der Waals surface area contributed by atoms with E-state index >= 15 is 0 Å². The topological polar surface area (TPSA) is 71.5 Å². The minimum Gasteiger partial charge on any atom is -0.497 e. The fourth-order valence-electron chi connectivity index (χ4n) is 2.46. The summed E-state index contributed by atoms with van der Waals surface area (Å²) in [5.41, 5.74) is 1.94. The molecule has 0 unspecified atom stereocenters. The van der Waals surface area contributed by atoms with Gasteiger partial charge in [-0.15, -0.1) is 0 Å². The second-order valence-electron chi connectivity index (χ2n) is 5.27. The van der Waals surface area contributed by atoms with Gasteiger partial charge in [0.25, 0.3) is 11.8 Å². The van der Waals surface area contributed by atoms with Crippen molar-refractivity contribution in [3.63, 3.8) is 0 Å². The molecule has 0 saturated carbocycles. The molecular formula is C18H17N3O3. The highest BCUT2D eigenvalue weighted by Gasteiger charge is 2.32. The molecule has 0 radical (unpaired) electrons. The van der Waals surface area contributed by atoms with Gasteiger partial charge < -0.3 is 10.1 Å². The molecule has 6 nitrogen and oxygen atoms in total. The summed E-state index contributed by atoms with van der Waals surface area (Å²) in [4.78, 5) is 29.7. The van der Waals surface area contributed by atoms with Crippen molar-refractivity contribution >= 4 is 17.5 Å². The average molecular weight is 323 g/mol. The zero-order valence-electron chi connectivity index (χ0n) is 13.2. The molecule has 2 heterocycles. The normalized spacial score (nSPS) is 13.9. The Labute approximate surface area is 139 Å². The van der Waals surface area contributed by atoms with Crippen LogP contribution in [0.25, 0.3) is 0 Å². The number of nitrogens with zero attached hydrogens (tertiary/aromatic N) is 2. The van der Waals surface area contributed by atoms with E-state index in [1.807, 2.05) is 12.1 Å². The van der Waals surface area contributed by atoms with E-state index < -0.39 is 0 Å². The van der Waals surface area contributed by atoms with Crippen LogP contribution in [0.1, 0.15) is 5.56 Å². The van der Waals surface area contributed by atoms with E-state index in [2.05, 4.69) is 10.3 Å². The first-order valence-electron chi connectivity index (χ1n) is 7.56. The number of rotatable bonds is 6. The molecule has 24 heavy (non-hydrogen) atoms. The Morgan fingerprint density at radius 2 is 1.79 bits per heavy atom. The van der Waals surface area contributed by atoms with E-state index in [0.29, 0.717) is 23.7 Å². The molecule has 0 spiro atoms. The molecule has 1 aromatic carbocycles. The van der Waals surface area contributed by atoms with Crippen LogP contribution in [-0.2, 0) is 16.0 Å². The number of nitrogens with one attached hydrogen (secondary N) is 1. The van der Waals surface area contributed by atoms with Crippen molar-refractivity contribution in [2.75, 3.05) is 18.6 Å². The van der Waals surface area contributed by atoms with E-state index in [9.17, 15) is 9.59 Å². The van der Waals surface area contributed by atoms with Crippen LogP contribution in [0.4, 0.5) is 5.69 Å². The summed E-state index contributed by atoms with van der Waals surface area (Å²) in [5.74, 6) is -0.0297. The maximum absolute atomic E-state index is 12.4. The van der Waals surface area contributed by atoms with Crippen LogP contribution in [0.5, 0.6) is 5.75 Å². The van der Waals surface area contributed by atoms with Crippen molar-refractivity contribution in [2.45, 2.75) is 6.42 Å². The Balaban J connectivity index is 1.63. The maximum Gasteiger partial charge on any atom is 0.281 e. The van der Waals surface area contributed by atoms with E-state index in [4.69, 9.17) is 4.74 Å². The molecule has 1 aliphatic rings. The molecule has 0 atom stereocenters.